The fourth-order valence-electron chi connectivity index (χ4n) is 4.35. The molecule has 3 aromatic rings. The number of halogens is 1. The van der Waals surface area contributed by atoms with Crippen molar-refractivity contribution in [3.05, 3.63) is 34.7 Å². The third kappa shape index (κ3) is 5.71. The van der Waals surface area contributed by atoms with Gasteiger partial charge in [0.25, 0.3) is 10.0 Å². The van der Waals surface area contributed by atoms with E-state index < -0.39 is 16.1 Å². The second-order valence-corrected chi connectivity index (χ2v) is 13.2. The standard InChI is InChI=1S/C24H31ClN4O4S3/c1-4-27(5-2)14-15-28(24-26-18-10-9-17(33-6-3)16-20(18)34-24)23(30)19-8-7-13-29(19)36(31,32)22-12-11-21(25)35-22/h9-12,16,19H,4-8,13-15H2,1-3H3. The van der Waals surface area contributed by atoms with Crippen LogP contribution in [-0.2, 0) is 14.8 Å². The lowest BCUT2D eigenvalue weighted by atomic mass is 10.2. The largest absolute Gasteiger partial charge is 0.494 e. The van der Waals surface area contributed by atoms with Crippen LogP contribution >= 0.6 is 34.3 Å². The molecule has 0 radical (unpaired) electrons. The van der Waals surface area contributed by atoms with Crippen molar-refractivity contribution in [2.75, 3.05) is 44.2 Å². The van der Waals surface area contributed by atoms with Crippen molar-refractivity contribution in [3.8, 4) is 5.75 Å². The molecule has 4 rings (SSSR count). The van der Waals surface area contributed by atoms with Gasteiger partial charge in [-0.15, -0.1) is 11.3 Å². The number of anilines is 1. The number of ether oxygens (including phenoxy) is 1. The summed E-state index contributed by atoms with van der Waals surface area (Å²) in [5.74, 6) is 0.513. The Bertz CT molecular complexity index is 1310. The average Bonchev–Trinajstić information content (AvgIpc) is 3.61. The smallest absolute Gasteiger partial charge is 0.253 e. The van der Waals surface area contributed by atoms with Crippen molar-refractivity contribution in [2.45, 2.75) is 43.9 Å². The number of aromatic nitrogens is 1. The van der Waals surface area contributed by atoms with Crippen molar-refractivity contribution in [3.63, 3.8) is 0 Å². The number of hydrogen-bond acceptors (Lipinski definition) is 8. The molecule has 0 saturated carbocycles. The lowest BCUT2D eigenvalue weighted by Crippen LogP contribution is -2.49. The van der Waals surface area contributed by atoms with Crippen molar-refractivity contribution >= 4 is 65.6 Å². The highest BCUT2D eigenvalue weighted by atomic mass is 35.5. The fraction of sp³-hybridized carbons (Fsp3) is 0.500. The number of hydrogen-bond donors (Lipinski definition) is 0. The molecular weight excluding hydrogens is 540 g/mol. The van der Waals surface area contributed by atoms with Crippen LogP contribution in [0.4, 0.5) is 5.13 Å². The average molecular weight is 571 g/mol. The van der Waals surface area contributed by atoms with Crippen molar-refractivity contribution in [1.29, 1.82) is 0 Å². The number of sulfonamides is 1. The van der Waals surface area contributed by atoms with Gasteiger partial charge in [-0.2, -0.15) is 4.31 Å². The molecule has 1 saturated heterocycles. The Balaban J connectivity index is 1.67. The van der Waals surface area contributed by atoms with E-state index in [1.54, 1.807) is 11.0 Å². The number of nitrogens with zero attached hydrogens (tertiary/aromatic N) is 4. The predicted molar refractivity (Wildman–Crippen MR) is 147 cm³/mol. The van der Waals surface area contributed by atoms with Crippen molar-refractivity contribution < 1.29 is 17.9 Å². The Morgan fingerprint density at radius 2 is 1.94 bits per heavy atom. The van der Waals surface area contributed by atoms with Gasteiger partial charge in [-0.25, -0.2) is 13.4 Å². The molecule has 0 N–H and O–H groups in total. The lowest BCUT2D eigenvalue weighted by Gasteiger charge is -2.29. The van der Waals surface area contributed by atoms with E-state index in [0.717, 1.165) is 40.4 Å². The van der Waals surface area contributed by atoms with Gasteiger partial charge in [-0.1, -0.05) is 36.8 Å². The minimum absolute atomic E-state index is 0.158. The van der Waals surface area contributed by atoms with Crippen LogP contribution in [0.15, 0.2) is 34.5 Å². The van der Waals surface area contributed by atoms with E-state index >= 15 is 0 Å². The molecule has 1 aliphatic heterocycles. The number of thiazole rings is 1. The molecule has 12 heteroatoms. The molecule has 8 nitrogen and oxygen atoms in total. The quantitative estimate of drug-likeness (QED) is 0.325. The summed E-state index contributed by atoms with van der Waals surface area (Å²) in [6.45, 7) is 9.77. The van der Waals surface area contributed by atoms with Crippen LogP contribution in [0.5, 0.6) is 5.75 Å². The minimum Gasteiger partial charge on any atom is -0.494 e. The number of benzene rings is 1. The topological polar surface area (TPSA) is 83.1 Å². The second kappa shape index (κ2) is 11.7. The lowest BCUT2D eigenvalue weighted by molar-refractivity contribution is -0.121. The molecule has 1 aromatic carbocycles. The molecule has 196 valence electrons. The highest BCUT2D eigenvalue weighted by Gasteiger charge is 2.42. The van der Waals surface area contributed by atoms with Gasteiger partial charge in [-0.05, 0) is 63.2 Å². The van der Waals surface area contributed by atoms with Gasteiger partial charge >= 0.3 is 0 Å². The predicted octanol–water partition coefficient (Wildman–Crippen LogP) is 4.94. The molecule has 1 aliphatic rings. The van der Waals surface area contributed by atoms with Crippen LogP contribution in [-0.4, -0.2) is 73.9 Å². The normalized spacial score (nSPS) is 16.8. The van der Waals surface area contributed by atoms with Crippen LogP contribution in [0, 0.1) is 0 Å². The highest BCUT2D eigenvalue weighted by molar-refractivity contribution is 7.91. The van der Waals surface area contributed by atoms with E-state index in [-0.39, 0.29) is 10.1 Å². The van der Waals surface area contributed by atoms with Crippen LogP contribution in [0.25, 0.3) is 10.2 Å². The monoisotopic (exact) mass is 570 g/mol. The molecule has 36 heavy (non-hydrogen) atoms. The Labute approximate surface area is 225 Å². The number of carbonyl (C=O) groups is 1. The Morgan fingerprint density at radius 3 is 2.61 bits per heavy atom. The van der Waals surface area contributed by atoms with Gasteiger partial charge in [0.2, 0.25) is 5.91 Å². The maximum atomic E-state index is 14.0. The Morgan fingerprint density at radius 1 is 1.17 bits per heavy atom. The maximum Gasteiger partial charge on any atom is 0.253 e. The molecule has 1 atom stereocenters. The summed E-state index contributed by atoms with van der Waals surface area (Å²) >= 11 is 8.44. The zero-order chi connectivity index (χ0) is 25.9. The SMILES string of the molecule is CCOc1ccc2nc(N(CCN(CC)CC)C(=O)C3CCCN3S(=O)(=O)c3ccc(Cl)s3)sc2c1. The second-order valence-electron chi connectivity index (χ2n) is 8.41. The molecule has 1 unspecified atom stereocenters. The molecule has 0 aliphatic carbocycles. The van der Waals surface area contributed by atoms with Gasteiger partial charge in [0.15, 0.2) is 5.13 Å². The summed E-state index contributed by atoms with van der Waals surface area (Å²) in [4.78, 5) is 22.7. The minimum atomic E-state index is -3.83. The van der Waals surface area contributed by atoms with Gasteiger partial charge in [0.1, 0.15) is 16.0 Å². The number of thiophene rings is 1. The molecule has 1 fully saturated rings. The summed E-state index contributed by atoms with van der Waals surface area (Å²) in [5.41, 5.74) is 0.781. The van der Waals surface area contributed by atoms with E-state index in [2.05, 4.69) is 18.7 Å². The number of rotatable bonds is 11. The van der Waals surface area contributed by atoms with Gasteiger partial charge in [0.05, 0.1) is 21.2 Å². The number of fused-ring (bicyclic) bond motifs is 1. The molecule has 0 bridgehead atoms. The van der Waals surface area contributed by atoms with Crippen molar-refractivity contribution in [2.24, 2.45) is 0 Å². The van der Waals surface area contributed by atoms with E-state index in [9.17, 15) is 13.2 Å². The van der Waals surface area contributed by atoms with Crippen LogP contribution in [0.3, 0.4) is 0 Å². The van der Waals surface area contributed by atoms with Gasteiger partial charge in [-0.3, -0.25) is 9.69 Å². The first-order valence-electron chi connectivity index (χ1n) is 12.1. The summed E-state index contributed by atoms with van der Waals surface area (Å²) in [6, 6.07) is 7.98. The zero-order valence-electron chi connectivity index (χ0n) is 20.6. The Hall–Kier alpha value is -1.76. The molecule has 1 amide bonds. The maximum absolute atomic E-state index is 14.0. The van der Waals surface area contributed by atoms with E-state index in [4.69, 9.17) is 21.3 Å². The van der Waals surface area contributed by atoms with Gasteiger partial charge < -0.3 is 9.64 Å². The Kier molecular flexibility index (Phi) is 8.90. The first kappa shape index (κ1) is 27.3. The number of carbonyl (C=O) groups excluding carboxylic acids is 1. The first-order valence-corrected chi connectivity index (χ1v) is 15.6. The summed E-state index contributed by atoms with van der Waals surface area (Å²) in [7, 11) is -3.83. The fourth-order valence-corrected chi connectivity index (χ4v) is 8.64. The molecule has 3 heterocycles. The van der Waals surface area contributed by atoms with Gasteiger partial charge in [0, 0.05) is 19.6 Å². The van der Waals surface area contributed by atoms with E-state index in [0.29, 0.717) is 48.6 Å². The number of likely N-dealkylation sites (N-methyl/N-ethyl adjacent to an activating group) is 1. The van der Waals surface area contributed by atoms with E-state index in [1.165, 1.54) is 21.7 Å². The van der Waals surface area contributed by atoms with Crippen molar-refractivity contribution in [1.82, 2.24) is 14.2 Å². The van der Waals surface area contributed by atoms with Crippen LogP contribution in [0.1, 0.15) is 33.6 Å². The number of amides is 1. The molecule has 2 aromatic heterocycles. The first-order chi connectivity index (χ1) is 17.3. The van der Waals surface area contributed by atoms with E-state index in [1.807, 2.05) is 25.1 Å². The molecular formula is C24H31ClN4O4S3. The zero-order valence-corrected chi connectivity index (χ0v) is 23.9. The van der Waals surface area contributed by atoms with Crippen LogP contribution < -0.4 is 9.64 Å². The van der Waals surface area contributed by atoms with Crippen LogP contribution in [0.2, 0.25) is 4.34 Å². The summed E-state index contributed by atoms with van der Waals surface area (Å²) < 4.78 is 35.2. The third-order valence-corrected chi connectivity index (χ3v) is 10.9. The summed E-state index contributed by atoms with van der Waals surface area (Å²) in [6.07, 6.45) is 1.09. The summed E-state index contributed by atoms with van der Waals surface area (Å²) in [5, 5.41) is 0.569. The highest BCUT2D eigenvalue weighted by Crippen LogP contribution is 2.35. The molecule has 0 spiro atoms. The third-order valence-electron chi connectivity index (χ3n) is 6.29.